The van der Waals surface area contributed by atoms with Crippen molar-refractivity contribution in [1.29, 1.82) is 0 Å². The van der Waals surface area contributed by atoms with Gasteiger partial charge in [0.15, 0.2) is 0 Å². The number of carbonyl (C=O) groups excluding carboxylic acids is 2. The van der Waals surface area contributed by atoms with Crippen LogP contribution < -0.4 is 19.1 Å². The lowest BCUT2D eigenvalue weighted by molar-refractivity contribution is -0.140. The molecule has 0 saturated carbocycles. The lowest BCUT2D eigenvalue weighted by Gasteiger charge is -2.34. The number of nitrogens with one attached hydrogen (secondary N) is 1. The Hall–Kier alpha value is -5.61. The summed E-state index contributed by atoms with van der Waals surface area (Å²) in [5.41, 5.74) is 2.72. The first-order chi connectivity index (χ1) is 24.5. The van der Waals surface area contributed by atoms with Gasteiger partial charge in [0.05, 0.1) is 17.7 Å². The fraction of sp³-hybridized carbons (Fsp3) is 0.220. The van der Waals surface area contributed by atoms with E-state index in [1.807, 2.05) is 93.6 Å². The molecule has 0 heterocycles. The highest BCUT2D eigenvalue weighted by atomic mass is 32.2. The molecule has 51 heavy (non-hydrogen) atoms. The predicted octanol–water partition coefficient (Wildman–Crippen LogP) is 7.16. The van der Waals surface area contributed by atoms with Crippen LogP contribution in [0.25, 0.3) is 0 Å². The van der Waals surface area contributed by atoms with Crippen LogP contribution in [0.4, 0.5) is 5.69 Å². The molecule has 0 unspecified atom stereocenters. The van der Waals surface area contributed by atoms with Crippen molar-refractivity contribution in [2.45, 2.75) is 50.7 Å². The van der Waals surface area contributed by atoms with Gasteiger partial charge in [-0.3, -0.25) is 13.9 Å². The second kappa shape index (κ2) is 16.9. The summed E-state index contributed by atoms with van der Waals surface area (Å²) in [7, 11) is -2.70. The fourth-order valence-corrected chi connectivity index (χ4v) is 6.99. The first kappa shape index (κ1) is 36.7. The topological polar surface area (TPSA) is 105 Å². The number of hydrogen-bond donors (Lipinski definition) is 1. The number of amides is 2. The third-order valence-corrected chi connectivity index (χ3v) is 9.97. The monoisotopic (exact) mass is 705 g/mol. The third-order valence-electron chi connectivity index (χ3n) is 8.18. The van der Waals surface area contributed by atoms with Crippen molar-refractivity contribution in [3.05, 3.63) is 150 Å². The van der Waals surface area contributed by atoms with Gasteiger partial charge in [0.2, 0.25) is 11.8 Å². The number of methoxy groups -OCH3 is 1. The van der Waals surface area contributed by atoms with Crippen LogP contribution in [-0.2, 0) is 32.6 Å². The first-order valence-corrected chi connectivity index (χ1v) is 18.2. The van der Waals surface area contributed by atoms with Gasteiger partial charge in [-0.25, -0.2) is 8.42 Å². The molecule has 0 aliphatic heterocycles. The Morgan fingerprint density at radius 3 is 1.94 bits per heavy atom. The van der Waals surface area contributed by atoms with E-state index < -0.39 is 28.5 Å². The summed E-state index contributed by atoms with van der Waals surface area (Å²) in [6.07, 6.45) is 0.214. The number of aryl methyl sites for hydroxylation is 1. The van der Waals surface area contributed by atoms with Crippen molar-refractivity contribution in [3.63, 3.8) is 0 Å². The Bertz CT molecular complexity index is 2000. The van der Waals surface area contributed by atoms with Gasteiger partial charge in [-0.05, 0) is 92.6 Å². The van der Waals surface area contributed by atoms with Crippen LogP contribution >= 0.6 is 0 Å². The van der Waals surface area contributed by atoms with Gasteiger partial charge in [0.25, 0.3) is 10.0 Å². The zero-order valence-electron chi connectivity index (χ0n) is 29.2. The van der Waals surface area contributed by atoms with E-state index in [2.05, 4.69) is 5.32 Å². The Labute approximate surface area is 300 Å². The highest BCUT2D eigenvalue weighted by Crippen LogP contribution is 2.29. The number of anilines is 1. The van der Waals surface area contributed by atoms with Gasteiger partial charge in [0, 0.05) is 19.0 Å². The summed E-state index contributed by atoms with van der Waals surface area (Å²) in [6.45, 7) is 5.04. The summed E-state index contributed by atoms with van der Waals surface area (Å²) in [6, 6.07) is 37.8. The molecule has 5 aromatic carbocycles. The summed E-state index contributed by atoms with van der Waals surface area (Å²) in [5, 5.41) is 2.98. The molecule has 0 spiro atoms. The molecule has 10 heteroatoms. The Morgan fingerprint density at radius 1 is 0.725 bits per heavy atom. The Kier molecular flexibility index (Phi) is 12.1. The number of para-hydroxylation sites is 1. The van der Waals surface area contributed by atoms with Crippen LogP contribution in [0.15, 0.2) is 138 Å². The van der Waals surface area contributed by atoms with Crippen LogP contribution in [-0.4, -0.2) is 50.9 Å². The molecule has 1 atom stereocenters. The van der Waals surface area contributed by atoms with Crippen molar-refractivity contribution in [1.82, 2.24) is 10.2 Å². The van der Waals surface area contributed by atoms with E-state index in [1.165, 1.54) is 17.0 Å². The molecular weight excluding hydrogens is 663 g/mol. The minimum Gasteiger partial charge on any atom is -0.497 e. The van der Waals surface area contributed by atoms with Gasteiger partial charge in [-0.1, -0.05) is 78.4 Å². The van der Waals surface area contributed by atoms with Crippen LogP contribution in [0.5, 0.6) is 17.2 Å². The third kappa shape index (κ3) is 9.76. The summed E-state index contributed by atoms with van der Waals surface area (Å²) >= 11 is 0. The van der Waals surface area contributed by atoms with E-state index in [0.29, 0.717) is 22.8 Å². The number of benzene rings is 5. The van der Waals surface area contributed by atoms with Crippen molar-refractivity contribution in [3.8, 4) is 17.2 Å². The number of rotatable bonds is 15. The smallest absolute Gasteiger partial charge is 0.264 e. The molecular formula is C41H43N3O6S. The second-order valence-corrected chi connectivity index (χ2v) is 14.3. The molecule has 0 aromatic heterocycles. The molecule has 0 radical (unpaired) electrons. The normalized spacial score (nSPS) is 11.8. The summed E-state index contributed by atoms with van der Waals surface area (Å²) in [4.78, 5) is 30.2. The number of hydrogen-bond acceptors (Lipinski definition) is 6. The second-order valence-electron chi connectivity index (χ2n) is 12.5. The molecule has 0 bridgehead atoms. The quantitative estimate of drug-likeness (QED) is 0.124. The van der Waals surface area contributed by atoms with Crippen molar-refractivity contribution < 1.29 is 27.5 Å². The maximum absolute atomic E-state index is 14.7. The van der Waals surface area contributed by atoms with Gasteiger partial charge >= 0.3 is 0 Å². The number of ether oxygens (including phenoxy) is 2. The molecule has 0 fully saturated rings. The summed E-state index contributed by atoms with van der Waals surface area (Å²) < 4.78 is 41.3. The van der Waals surface area contributed by atoms with E-state index in [1.54, 1.807) is 55.6 Å². The highest BCUT2D eigenvalue weighted by molar-refractivity contribution is 7.92. The molecule has 0 saturated heterocycles. The number of nitrogens with zero attached hydrogens (tertiary/aromatic N) is 2. The highest BCUT2D eigenvalue weighted by Gasteiger charge is 2.35. The van der Waals surface area contributed by atoms with Crippen molar-refractivity contribution in [2.24, 2.45) is 0 Å². The molecule has 5 rings (SSSR count). The van der Waals surface area contributed by atoms with Crippen LogP contribution in [0.1, 0.15) is 30.5 Å². The molecule has 264 valence electrons. The molecule has 2 amide bonds. The average Bonchev–Trinajstić information content (AvgIpc) is 3.13. The molecule has 9 nitrogen and oxygen atoms in total. The van der Waals surface area contributed by atoms with Gasteiger partial charge < -0.3 is 19.7 Å². The Morgan fingerprint density at radius 2 is 1.31 bits per heavy atom. The van der Waals surface area contributed by atoms with E-state index in [4.69, 9.17) is 9.47 Å². The van der Waals surface area contributed by atoms with Crippen molar-refractivity contribution >= 4 is 27.5 Å². The Balaban J connectivity index is 1.57. The molecule has 0 aliphatic carbocycles. The van der Waals surface area contributed by atoms with E-state index >= 15 is 0 Å². The minimum atomic E-state index is -4.25. The van der Waals surface area contributed by atoms with E-state index in [9.17, 15) is 18.0 Å². The maximum atomic E-state index is 14.7. The van der Waals surface area contributed by atoms with Crippen LogP contribution in [0.3, 0.4) is 0 Å². The fourth-order valence-electron chi connectivity index (χ4n) is 5.57. The molecule has 0 aliphatic rings. The molecule has 5 aromatic rings. The van der Waals surface area contributed by atoms with Crippen LogP contribution in [0, 0.1) is 6.92 Å². The standard InChI is InChI=1S/C41H43N3O6S/c1-30(2)42-41(46)39(27-32-12-7-5-8-13-32)43(28-33-14-11-17-37(26-33)49-4)40(45)29-44(51(47,48)38-24-18-31(3)19-25-38)34-20-22-36(23-21-34)50-35-15-9-6-10-16-35/h5-26,30,39H,27-29H2,1-4H3,(H,42,46)/t39-/m1/s1. The maximum Gasteiger partial charge on any atom is 0.264 e. The lowest BCUT2D eigenvalue weighted by Crippen LogP contribution is -2.54. The van der Waals surface area contributed by atoms with Gasteiger partial charge in [-0.15, -0.1) is 0 Å². The zero-order chi connectivity index (χ0) is 36.4. The molecule has 1 N–H and O–H groups in total. The predicted molar refractivity (Wildman–Crippen MR) is 199 cm³/mol. The first-order valence-electron chi connectivity index (χ1n) is 16.7. The number of carbonyl (C=O) groups is 2. The average molecular weight is 706 g/mol. The van der Waals surface area contributed by atoms with Gasteiger partial charge in [0.1, 0.15) is 29.8 Å². The van der Waals surface area contributed by atoms with Gasteiger partial charge in [-0.2, -0.15) is 0 Å². The SMILES string of the molecule is COc1cccc(CN(C(=O)CN(c2ccc(Oc3ccccc3)cc2)S(=O)(=O)c2ccc(C)cc2)[C@H](Cc2ccccc2)C(=O)NC(C)C)c1. The van der Waals surface area contributed by atoms with E-state index in [0.717, 1.165) is 15.4 Å². The summed E-state index contributed by atoms with van der Waals surface area (Å²) in [5.74, 6) is 0.810. The van der Waals surface area contributed by atoms with E-state index in [-0.39, 0.29) is 35.5 Å². The van der Waals surface area contributed by atoms with Crippen molar-refractivity contribution in [2.75, 3.05) is 18.0 Å². The zero-order valence-corrected chi connectivity index (χ0v) is 30.0. The minimum absolute atomic E-state index is 0.0291. The largest absolute Gasteiger partial charge is 0.497 e. The van der Waals surface area contributed by atoms with Crippen LogP contribution in [0.2, 0.25) is 0 Å². The lowest BCUT2D eigenvalue weighted by atomic mass is 10.0. The number of sulfonamides is 1.